The molecule has 1 atom stereocenters. The van der Waals surface area contributed by atoms with Gasteiger partial charge in [-0.3, -0.25) is 4.79 Å². The zero-order chi connectivity index (χ0) is 28.3. The molecule has 1 unspecified atom stereocenters. The predicted octanol–water partition coefficient (Wildman–Crippen LogP) is 8.07. The van der Waals surface area contributed by atoms with Crippen LogP contribution in [0.15, 0.2) is 118 Å². The fourth-order valence-corrected chi connectivity index (χ4v) is 6.30. The van der Waals surface area contributed by atoms with Crippen molar-refractivity contribution in [3.63, 3.8) is 0 Å². The van der Waals surface area contributed by atoms with Gasteiger partial charge in [0.15, 0.2) is 0 Å². The van der Waals surface area contributed by atoms with E-state index in [0.29, 0.717) is 6.42 Å². The van der Waals surface area contributed by atoms with Gasteiger partial charge in [-0.2, -0.15) is 5.10 Å². The van der Waals surface area contributed by atoms with Crippen LogP contribution in [-0.4, -0.2) is 34.1 Å². The van der Waals surface area contributed by atoms with Gasteiger partial charge in [0.1, 0.15) is 11.6 Å². The number of hydrogen-bond donors (Lipinski definition) is 0. The largest absolute Gasteiger partial charge is 0.497 e. The van der Waals surface area contributed by atoms with Crippen molar-refractivity contribution < 1.29 is 13.9 Å². The van der Waals surface area contributed by atoms with E-state index in [1.807, 2.05) is 48.5 Å². The average molecular weight is 629 g/mol. The highest BCUT2D eigenvalue weighted by atomic mass is 79.9. The van der Waals surface area contributed by atoms with Gasteiger partial charge in [-0.05, 0) is 71.3 Å². The van der Waals surface area contributed by atoms with Crippen LogP contribution in [-0.2, 0) is 11.3 Å². The summed E-state index contributed by atoms with van der Waals surface area (Å²) in [5.74, 6) is 0.572. The topological polar surface area (TPSA) is 46.8 Å². The smallest absolute Gasteiger partial charge is 0.253 e. The lowest BCUT2D eigenvalue weighted by Gasteiger charge is -2.22. The highest BCUT2D eigenvalue weighted by Crippen LogP contribution is 2.36. The van der Waals surface area contributed by atoms with Crippen molar-refractivity contribution in [3.8, 4) is 5.75 Å². The number of halogens is 2. The number of para-hydroxylation sites is 1. The van der Waals surface area contributed by atoms with Gasteiger partial charge in [0.05, 0.1) is 24.6 Å². The van der Waals surface area contributed by atoms with E-state index in [1.54, 1.807) is 24.3 Å². The zero-order valence-electron chi connectivity index (χ0n) is 22.3. The van der Waals surface area contributed by atoms with E-state index in [1.165, 1.54) is 29.5 Å². The third kappa shape index (κ3) is 5.94. The lowest BCUT2D eigenvalue weighted by atomic mass is 9.98. The molecular weight excluding hydrogens is 601 g/mol. The van der Waals surface area contributed by atoms with Gasteiger partial charge in [-0.1, -0.05) is 58.4 Å². The fraction of sp³-hybridized carbons (Fsp3) is 0.152. The molecule has 41 heavy (non-hydrogen) atoms. The number of methoxy groups -OCH3 is 1. The van der Waals surface area contributed by atoms with Gasteiger partial charge >= 0.3 is 0 Å². The number of thioether (sulfide) groups is 1. The van der Waals surface area contributed by atoms with Crippen LogP contribution < -0.4 is 4.74 Å². The molecule has 5 aromatic rings. The molecule has 5 nitrogen and oxygen atoms in total. The molecule has 1 aliphatic rings. The highest BCUT2D eigenvalue weighted by Gasteiger charge is 2.33. The Morgan fingerprint density at radius 3 is 2.46 bits per heavy atom. The molecule has 206 valence electrons. The van der Waals surface area contributed by atoms with Gasteiger partial charge in [-0.15, -0.1) is 11.8 Å². The van der Waals surface area contributed by atoms with Gasteiger partial charge < -0.3 is 9.30 Å². The van der Waals surface area contributed by atoms with Gasteiger partial charge in [-0.25, -0.2) is 9.40 Å². The summed E-state index contributed by atoms with van der Waals surface area (Å²) in [7, 11) is 1.63. The Kier molecular flexibility index (Phi) is 7.94. The molecular formula is C33H27BrFN3O2S. The lowest BCUT2D eigenvalue weighted by molar-refractivity contribution is -0.130. The summed E-state index contributed by atoms with van der Waals surface area (Å²) in [5.41, 5.74) is 4.91. The van der Waals surface area contributed by atoms with E-state index in [4.69, 9.17) is 9.84 Å². The number of rotatable bonds is 8. The number of fused-ring (bicyclic) bond motifs is 1. The molecule has 0 N–H and O–H groups in total. The summed E-state index contributed by atoms with van der Waals surface area (Å²) in [6.45, 7) is 0.733. The van der Waals surface area contributed by atoms with E-state index < -0.39 is 0 Å². The monoisotopic (exact) mass is 627 g/mol. The van der Waals surface area contributed by atoms with Crippen molar-refractivity contribution >= 4 is 50.2 Å². The Balaban J connectivity index is 1.25. The van der Waals surface area contributed by atoms with Crippen molar-refractivity contribution in [2.24, 2.45) is 5.10 Å². The second kappa shape index (κ2) is 11.9. The SMILES string of the molecule is COc1ccc(C2=NN(C(=O)CSc3cn(Cc4ccc(Br)cc4)c4ccccc34)C(c3ccc(F)cc3)C2)cc1. The fourth-order valence-electron chi connectivity index (χ4n) is 5.09. The highest BCUT2D eigenvalue weighted by molar-refractivity contribution is 9.10. The van der Waals surface area contributed by atoms with Crippen LogP contribution in [0.3, 0.4) is 0 Å². The van der Waals surface area contributed by atoms with Crippen LogP contribution in [0, 0.1) is 5.82 Å². The van der Waals surface area contributed by atoms with Crippen LogP contribution in [0.25, 0.3) is 10.9 Å². The Labute approximate surface area is 250 Å². The molecule has 0 spiro atoms. The first kappa shape index (κ1) is 27.3. The first-order chi connectivity index (χ1) is 20.0. The first-order valence-electron chi connectivity index (χ1n) is 13.2. The summed E-state index contributed by atoms with van der Waals surface area (Å²) in [6.07, 6.45) is 2.67. The molecule has 0 radical (unpaired) electrons. The maximum absolute atomic E-state index is 13.7. The number of hydrazone groups is 1. The Morgan fingerprint density at radius 2 is 1.73 bits per heavy atom. The van der Waals surface area contributed by atoms with Crippen molar-refractivity contribution in [2.75, 3.05) is 12.9 Å². The molecule has 1 amide bonds. The normalized spacial score (nSPS) is 14.9. The summed E-state index contributed by atoms with van der Waals surface area (Å²) < 4.78 is 22.3. The summed E-state index contributed by atoms with van der Waals surface area (Å²) in [4.78, 5) is 14.7. The Hall–Kier alpha value is -3.88. The second-order valence-electron chi connectivity index (χ2n) is 9.84. The minimum absolute atomic E-state index is 0.0995. The third-order valence-electron chi connectivity index (χ3n) is 7.21. The molecule has 0 fully saturated rings. The molecule has 6 rings (SSSR count). The quantitative estimate of drug-likeness (QED) is 0.163. The van der Waals surface area contributed by atoms with Crippen LogP contribution >= 0.6 is 27.7 Å². The van der Waals surface area contributed by atoms with E-state index in [-0.39, 0.29) is 23.5 Å². The third-order valence-corrected chi connectivity index (χ3v) is 8.77. The maximum Gasteiger partial charge on any atom is 0.253 e. The zero-order valence-corrected chi connectivity index (χ0v) is 24.7. The van der Waals surface area contributed by atoms with Gasteiger partial charge in [0.25, 0.3) is 5.91 Å². The van der Waals surface area contributed by atoms with Crippen LogP contribution in [0.2, 0.25) is 0 Å². The molecule has 0 aliphatic carbocycles. The number of nitrogens with zero attached hydrogens (tertiary/aromatic N) is 3. The number of hydrogen-bond acceptors (Lipinski definition) is 4. The average Bonchev–Trinajstić information content (AvgIpc) is 3.60. The Morgan fingerprint density at radius 1 is 1.00 bits per heavy atom. The van der Waals surface area contributed by atoms with Gasteiger partial charge in [0.2, 0.25) is 0 Å². The molecule has 0 saturated heterocycles. The number of amides is 1. The van der Waals surface area contributed by atoms with Crippen molar-refractivity contribution in [3.05, 3.63) is 130 Å². The summed E-state index contributed by atoms with van der Waals surface area (Å²) in [5, 5.41) is 7.46. The van der Waals surface area contributed by atoms with E-state index in [2.05, 4.69) is 51.0 Å². The molecule has 2 heterocycles. The van der Waals surface area contributed by atoms with E-state index >= 15 is 0 Å². The molecule has 0 saturated carbocycles. The van der Waals surface area contributed by atoms with Crippen LogP contribution in [0.5, 0.6) is 5.75 Å². The number of benzene rings is 4. The minimum Gasteiger partial charge on any atom is -0.497 e. The van der Waals surface area contributed by atoms with E-state index in [0.717, 1.165) is 49.4 Å². The van der Waals surface area contributed by atoms with Crippen molar-refractivity contribution in [2.45, 2.75) is 23.9 Å². The number of ether oxygens (including phenoxy) is 1. The predicted molar refractivity (Wildman–Crippen MR) is 166 cm³/mol. The summed E-state index contributed by atoms with van der Waals surface area (Å²) in [6, 6.07) is 30.2. The maximum atomic E-state index is 13.7. The summed E-state index contributed by atoms with van der Waals surface area (Å²) >= 11 is 5.02. The van der Waals surface area contributed by atoms with E-state index in [9.17, 15) is 9.18 Å². The van der Waals surface area contributed by atoms with Gasteiger partial charge in [0, 0.05) is 39.4 Å². The molecule has 8 heteroatoms. The number of carbonyl (C=O) groups is 1. The number of carbonyl (C=O) groups excluding carboxylic acids is 1. The second-order valence-corrected chi connectivity index (χ2v) is 11.8. The molecule has 4 aromatic carbocycles. The Bertz CT molecular complexity index is 1720. The minimum atomic E-state index is -0.309. The number of aromatic nitrogens is 1. The molecule has 1 aliphatic heterocycles. The van der Waals surface area contributed by atoms with Crippen LogP contribution in [0.4, 0.5) is 4.39 Å². The standard InChI is InChI=1S/C33H27BrFN3O2S/c1-40-27-16-10-23(11-17-27)29-18-31(24-8-14-26(35)15-9-24)38(36-29)33(39)21-41-32-20-37(30-5-3-2-4-28(30)32)19-22-6-12-25(34)13-7-22/h2-17,20,31H,18-19,21H2,1H3. The first-order valence-corrected chi connectivity index (χ1v) is 15.0. The molecule has 0 bridgehead atoms. The lowest BCUT2D eigenvalue weighted by Crippen LogP contribution is -2.28. The van der Waals surface area contributed by atoms with Crippen molar-refractivity contribution in [1.29, 1.82) is 0 Å². The molecule has 1 aromatic heterocycles. The van der Waals surface area contributed by atoms with Crippen LogP contribution in [0.1, 0.15) is 29.2 Å². The van der Waals surface area contributed by atoms with Crippen molar-refractivity contribution in [1.82, 2.24) is 9.58 Å².